The molecule has 1 rings (SSSR count). The summed E-state index contributed by atoms with van der Waals surface area (Å²) < 4.78 is 5.07. The number of H-pyrrole nitrogens is 1. The van der Waals surface area contributed by atoms with Gasteiger partial charge < -0.3 is 10.1 Å². The lowest BCUT2D eigenvalue weighted by Crippen LogP contribution is -2.31. The Morgan fingerprint density at radius 1 is 1.44 bits per heavy atom. The molecular weight excluding hydrogens is 202 g/mol. The van der Waals surface area contributed by atoms with Gasteiger partial charge in [-0.2, -0.15) is 5.10 Å². The fraction of sp³-hybridized carbons (Fsp3) is 0.750. The van der Waals surface area contributed by atoms with Gasteiger partial charge in [-0.25, -0.2) is 0 Å². The van der Waals surface area contributed by atoms with Gasteiger partial charge in [-0.3, -0.25) is 5.10 Å². The summed E-state index contributed by atoms with van der Waals surface area (Å²) in [6, 6.07) is 0.427. The first-order valence-electron chi connectivity index (χ1n) is 5.88. The molecule has 1 atom stereocenters. The molecule has 0 aliphatic heterocycles. The summed E-state index contributed by atoms with van der Waals surface area (Å²) in [6.45, 7) is 8.06. The van der Waals surface area contributed by atoms with E-state index in [0.717, 1.165) is 31.7 Å². The van der Waals surface area contributed by atoms with Crippen LogP contribution in [-0.2, 0) is 11.2 Å². The lowest BCUT2D eigenvalue weighted by atomic mass is 10.1. The minimum atomic E-state index is 0.427. The van der Waals surface area contributed by atoms with Crippen LogP contribution in [0.25, 0.3) is 0 Å². The third kappa shape index (κ3) is 3.94. The van der Waals surface area contributed by atoms with Crippen molar-refractivity contribution < 1.29 is 4.74 Å². The monoisotopic (exact) mass is 225 g/mol. The van der Waals surface area contributed by atoms with Gasteiger partial charge in [0.05, 0.1) is 12.3 Å². The van der Waals surface area contributed by atoms with Crippen molar-refractivity contribution in [3.8, 4) is 0 Å². The maximum atomic E-state index is 5.07. The fourth-order valence-corrected chi connectivity index (χ4v) is 1.86. The molecule has 0 spiro atoms. The van der Waals surface area contributed by atoms with E-state index in [2.05, 4.69) is 36.3 Å². The molecule has 4 nitrogen and oxygen atoms in total. The number of rotatable bonds is 7. The van der Waals surface area contributed by atoms with E-state index in [9.17, 15) is 0 Å². The second-order valence-corrected chi connectivity index (χ2v) is 4.33. The van der Waals surface area contributed by atoms with Crippen molar-refractivity contribution >= 4 is 0 Å². The molecule has 0 aromatic carbocycles. The van der Waals surface area contributed by atoms with E-state index in [1.165, 1.54) is 11.3 Å². The van der Waals surface area contributed by atoms with Crippen molar-refractivity contribution in [2.45, 2.75) is 39.7 Å². The van der Waals surface area contributed by atoms with Crippen LogP contribution in [0.5, 0.6) is 0 Å². The van der Waals surface area contributed by atoms with Gasteiger partial charge >= 0.3 is 0 Å². The van der Waals surface area contributed by atoms with Gasteiger partial charge in [0.1, 0.15) is 0 Å². The van der Waals surface area contributed by atoms with E-state index in [1.54, 1.807) is 7.11 Å². The van der Waals surface area contributed by atoms with Crippen LogP contribution >= 0.6 is 0 Å². The highest BCUT2D eigenvalue weighted by molar-refractivity contribution is 5.23. The highest BCUT2D eigenvalue weighted by atomic mass is 16.5. The van der Waals surface area contributed by atoms with Crippen molar-refractivity contribution in [2.75, 3.05) is 20.3 Å². The largest absolute Gasteiger partial charge is 0.383 e. The molecule has 4 heteroatoms. The van der Waals surface area contributed by atoms with Gasteiger partial charge in [0, 0.05) is 18.8 Å². The highest BCUT2D eigenvalue weighted by Gasteiger charge is 2.06. The molecule has 0 unspecified atom stereocenters. The molecule has 0 amide bonds. The van der Waals surface area contributed by atoms with Crippen molar-refractivity contribution in [1.29, 1.82) is 0 Å². The number of ether oxygens (including phenoxy) is 1. The number of aromatic nitrogens is 2. The molecule has 0 aliphatic carbocycles. The average molecular weight is 225 g/mol. The first kappa shape index (κ1) is 13.2. The Balaban J connectivity index is 2.21. The normalized spacial score (nSPS) is 13.0. The Kier molecular flexibility index (Phi) is 5.49. The van der Waals surface area contributed by atoms with E-state index in [0.29, 0.717) is 6.04 Å². The first-order valence-corrected chi connectivity index (χ1v) is 5.88. The van der Waals surface area contributed by atoms with Crippen LogP contribution in [0, 0.1) is 13.8 Å². The van der Waals surface area contributed by atoms with Crippen LogP contribution in [-0.4, -0.2) is 36.5 Å². The van der Waals surface area contributed by atoms with Crippen LogP contribution in [0.2, 0.25) is 0 Å². The Morgan fingerprint density at radius 2 is 2.19 bits per heavy atom. The van der Waals surface area contributed by atoms with Crippen molar-refractivity contribution in [3.63, 3.8) is 0 Å². The Labute approximate surface area is 97.8 Å². The summed E-state index contributed by atoms with van der Waals surface area (Å²) in [5, 5.41) is 10.6. The third-order valence-electron chi connectivity index (χ3n) is 2.79. The molecule has 0 fully saturated rings. The quantitative estimate of drug-likeness (QED) is 0.693. The molecule has 16 heavy (non-hydrogen) atoms. The number of methoxy groups -OCH3 is 1. The van der Waals surface area contributed by atoms with E-state index < -0.39 is 0 Å². The van der Waals surface area contributed by atoms with Gasteiger partial charge in [-0.05, 0) is 45.7 Å². The van der Waals surface area contributed by atoms with Crippen LogP contribution < -0.4 is 5.32 Å². The standard InChI is InChI=1S/C12H23N3O/c1-9(8-16-4)13-7-5-6-12-10(2)14-15-11(12)3/h9,13H,5-8H2,1-4H3,(H,14,15)/t9-/m1/s1. The second-order valence-electron chi connectivity index (χ2n) is 4.33. The number of aryl methyl sites for hydroxylation is 2. The fourth-order valence-electron chi connectivity index (χ4n) is 1.86. The second kappa shape index (κ2) is 6.66. The predicted octanol–water partition coefficient (Wildman–Crippen LogP) is 1.58. The van der Waals surface area contributed by atoms with Gasteiger partial charge in [0.25, 0.3) is 0 Å². The Hall–Kier alpha value is -0.870. The van der Waals surface area contributed by atoms with Crippen molar-refractivity contribution in [2.24, 2.45) is 0 Å². The Morgan fingerprint density at radius 3 is 2.75 bits per heavy atom. The summed E-state index contributed by atoms with van der Waals surface area (Å²) in [5.74, 6) is 0. The lowest BCUT2D eigenvalue weighted by Gasteiger charge is -2.12. The summed E-state index contributed by atoms with van der Waals surface area (Å²) in [7, 11) is 1.73. The molecule has 92 valence electrons. The Bertz CT molecular complexity index is 290. The molecular formula is C12H23N3O. The maximum Gasteiger partial charge on any atom is 0.0625 e. The first-order chi connectivity index (χ1) is 7.65. The summed E-state index contributed by atoms with van der Waals surface area (Å²) in [4.78, 5) is 0. The topological polar surface area (TPSA) is 49.9 Å². The van der Waals surface area contributed by atoms with Crippen LogP contribution in [0.3, 0.4) is 0 Å². The molecule has 0 radical (unpaired) electrons. The molecule has 0 aliphatic rings. The van der Waals surface area contributed by atoms with Crippen LogP contribution in [0.1, 0.15) is 30.3 Å². The van der Waals surface area contributed by atoms with Crippen LogP contribution in [0.4, 0.5) is 0 Å². The van der Waals surface area contributed by atoms with Gasteiger partial charge in [0.15, 0.2) is 0 Å². The predicted molar refractivity (Wildman–Crippen MR) is 65.7 cm³/mol. The molecule has 1 aromatic heterocycles. The molecule has 2 N–H and O–H groups in total. The van der Waals surface area contributed by atoms with Crippen molar-refractivity contribution in [1.82, 2.24) is 15.5 Å². The zero-order valence-corrected chi connectivity index (χ0v) is 10.8. The van der Waals surface area contributed by atoms with Gasteiger partial charge in [0.2, 0.25) is 0 Å². The average Bonchev–Trinajstić information content (AvgIpc) is 2.55. The van der Waals surface area contributed by atoms with E-state index in [-0.39, 0.29) is 0 Å². The summed E-state index contributed by atoms with van der Waals surface area (Å²) in [5.41, 5.74) is 3.69. The number of hydrogen-bond acceptors (Lipinski definition) is 3. The SMILES string of the molecule is COC[C@@H](C)NCCCc1c(C)n[nH]c1C. The minimum Gasteiger partial charge on any atom is -0.383 e. The van der Waals surface area contributed by atoms with E-state index >= 15 is 0 Å². The summed E-state index contributed by atoms with van der Waals surface area (Å²) in [6.07, 6.45) is 2.22. The number of nitrogens with zero attached hydrogens (tertiary/aromatic N) is 1. The molecule has 0 bridgehead atoms. The smallest absolute Gasteiger partial charge is 0.0625 e. The number of nitrogens with one attached hydrogen (secondary N) is 2. The zero-order valence-electron chi connectivity index (χ0n) is 10.8. The molecule has 0 saturated heterocycles. The van der Waals surface area contributed by atoms with E-state index in [1.807, 2.05) is 0 Å². The summed E-state index contributed by atoms with van der Waals surface area (Å²) >= 11 is 0. The minimum absolute atomic E-state index is 0.427. The zero-order chi connectivity index (χ0) is 12.0. The lowest BCUT2D eigenvalue weighted by molar-refractivity contribution is 0.172. The van der Waals surface area contributed by atoms with Gasteiger partial charge in [-0.1, -0.05) is 0 Å². The third-order valence-corrected chi connectivity index (χ3v) is 2.79. The highest BCUT2D eigenvalue weighted by Crippen LogP contribution is 2.11. The molecule has 1 aromatic rings. The van der Waals surface area contributed by atoms with Crippen LogP contribution in [0.15, 0.2) is 0 Å². The van der Waals surface area contributed by atoms with Crippen molar-refractivity contribution in [3.05, 3.63) is 17.0 Å². The number of aromatic amines is 1. The molecule has 1 heterocycles. The number of hydrogen-bond donors (Lipinski definition) is 2. The van der Waals surface area contributed by atoms with E-state index in [4.69, 9.17) is 4.74 Å². The van der Waals surface area contributed by atoms with Gasteiger partial charge in [-0.15, -0.1) is 0 Å². The molecule has 0 saturated carbocycles. The maximum absolute atomic E-state index is 5.07.